The van der Waals surface area contributed by atoms with Gasteiger partial charge in [0.1, 0.15) is 11.3 Å². The molecule has 0 spiro atoms. The Morgan fingerprint density at radius 1 is 1.58 bits per heavy atom. The largest absolute Gasteiger partial charge is 0.353 e. The number of nitrogens with one attached hydrogen (secondary N) is 2. The third-order valence-corrected chi connectivity index (χ3v) is 1.97. The highest BCUT2D eigenvalue weighted by Gasteiger charge is 1.96. The van der Waals surface area contributed by atoms with Crippen LogP contribution in [0.2, 0.25) is 0 Å². The van der Waals surface area contributed by atoms with Crippen LogP contribution in [-0.4, -0.2) is 20.2 Å². The van der Waals surface area contributed by atoms with E-state index in [1.54, 1.807) is 17.9 Å². The van der Waals surface area contributed by atoms with Gasteiger partial charge in [0.2, 0.25) is 5.13 Å². The fourth-order valence-electron chi connectivity index (χ4n) is 0.804. The van der Waals surface area contributed by atoms with Crippen LogP contribution >= 0.6 is 11.3 Å². The summed E-state index contributed by atoms with van der Waals surface area (Å²) in [5.74, 6) is 0.894. The highest BCUT2D eigenvalue weighted by molar-refractivity contribution is 7.13. The lowest BCUT2D eigenvalue weighted by Crippen LogP contribution is -2.00. The van der Waals surface area contributed by atoms with Crippen molar-refractivity contribution in [3.8, 4) is 0 Å². The van der Waals surface area contributed by atoms with Crippen LogP contribution in [0.25, 0.3) is 0 Å². The standard InChI is InChI=1S/C6H7N5S/c1-2-8-5(7-1)3-9-6-11-10-4-12-6/h1-2,4H,3H2,(H,7,8)(H,9,11). The molecule has 0 saturated heterocycles. The Balaban J connectivity index is 1.91. The molecule has 2 heterocycles. The predicted molar refractivity (Wildman–Crippen MR) is 45.8 cm³/mol. The molecule has 12 heavy (non-hydrogen) atoms. The highest BCUT2D eigenvalue weighted by Crippen LogP contribution is 2.08. The van der Waals surface area contributed by atoms with Gasteiger partial charge in [0.05, 0.1) is 6.54 Å². The molecular formula is C6H7N5S. The molecule has 0 atom stereocenters. The predicted octanol–water partition coefficient (Wildman–Crippen LogP) is 0.873. The Labute approximate surface area is 72.9 Å². The quantitative estimate of drug-likeness (QED) is 0.737. The number of nitrogens with zero attached hydrogens (tertiary/aromatic N) is 3. The summed E-state index contributed by atoms with van der Waals surface area (Å²) in [5.41, 5.74) is 1.68. The summed E-state index contributed by atoms with van der Waals surface area (Å²) >= 11 is 1.47. The van der Waals surface area contributed by atoms with E-state index in [-0.39, 0.29) is 0 Å². The van der Waals surface area contributed by atoms with Crippen LogP contribution in [0.4, 0.5) is 5.13 Å². The van der Waals surface area contributed by atoms with E-state index in [0.717, 1.165) is 11.0 Å². The topological polar surface area (TPSA) is 66.5 Å². The molecule has 2 aromatic rings. The van der Waals surface area contributed by atoms with Crippen molar-refractivity contribution in [3.05, 3.63) is 23.7 Å². The van der Waals surface area contributed by atoms with Crippen molar-refractivity contribution < 1.29 is 0 Å². The molecular weight excluding hydrogens is 174 g/mol. The maximum Gasteiger partial charge on any atom is 0.205 e. The molecule has 5 nitrogen and oxygen atoms in total. The minimum atomic E-state index is 0.655. The molecule has 0 aliphatic carbocycles. The van der Waals surface area contributed by atoms with Crippen molar-refractivity contribution in [1.29, 1.82) is 0 Å². The highest BCUT2D eigenvalue weighted by atomic mass is 32.1. The first-order valence-corrected chi connectivity index (χ1v) is 4.31. The lowest BCUT2D eigenvalue weighted by Gasteiger charge is -1.96. The average Bonchev–Trinajstić information content (AvgIpc) is 2.74. The fraction of sp³-hybridized carbons (Fsp3) is 0.167. The number of aromatic amines is 1. The Bertz CT molecular complexity index is 279. The number of aromatic nitrogens is 4. The van der Waals surface area contributed by atoms with Gasteiger partial charge in [-0.05, 0) is 0 Å². The van der Waals surface area contributed by atoms with Gasteiger partial charge in [-0.25, -0.2) is 4.98 Å². The Morgan fingerprint density at radius 2 is 2.58 bits per heavy atom. The second-order valence-corrected chi connectivity index (χ2v) is 2.97. The van der Waals surface area contributed by atoms with Gasteiger partial charge in [-0.1, -0.05) is 11.3 Å². The van der Waals surface area contributed by atoms with Crippen molar-refractivity contribution in [2.75, 3.05) is 5.32 Å². The van der Waals surface area contributed by atoms with Crippen molar-refractivity contribution in [3.63, 3.8) is 0 Å². The lowest BCUT2D eigenvalue weighted by atomic mass is 10.6. The normalized spacial score (nSPS) is 10.0. The SMILES string of the molecule is c1c[nH]c(CNc2nncs2)n1. The minimum absolute atomic E-state index is 0.655. The van der Waals surface area contributed by atoms with Gasteiger partial charge in [-0.15, -0.1) is 10.2 Å². The molecule has 0 aliphatic heterocycles. The number of anilines is 1. The van der Waals surface area contributed by atoms with E-state index < -0.39 is 0 Å². The van der Waals surface area contributed by atoms with E-state index in [9.17, 15) is 0 Å². The number of H-pyrrole nitrogens is 1. The molecule has 0 saturated carbocycles. The second kappa shape index (κ2) is 3.31. The average molecular weight is 181 g/mol. The summed E-state index contributed by atoms with van der Waals surface area (Å²) in [4.78, 5) is 7.04. The van der Waals surface area contributed by atoms with Crippen molar-refractivity contribution in [2.24, 2.45) is 0 Å². The lowest BCUT2D eigenvalue weighted by molar-refractivity contribution is 0.979. The van der Waals surface area contributed by atoms with Gasteiger partial charge in [-0.3, -0.25) is 0 Å². The molecule has 0 aliphatic rings. The van der Waals surface area contributed by atoms with Crippen molar-refractivity contribution >= 4 is 16.5 Å². The van der Waals surface area contributed by atoms with Crippen LogP contribution in [0.3, 0.4) is 0 Å². The van der Waals surface area contributed by atoms with E-state index >= 15 is 0 Å². The summed E-state index contributed by atoms with van der Waals surface area (Å²) in [6.45, 7) is 0.655. The zero-order valence-electron chi connectivity index (χ0n) is 6.19. The van der Waals surface area contributed by atoms with Crippen LogP contribution in [0.1, 0.15) is 5.82 Å². The zero-order valence-corrected chi connectivity index (χ0v) is 7.01. The van der Waals surface area contributed by atoms with Gasteiger partial charge in [0.25, 0.3) is 0 Å². The molecule has 2 rings (SSSR count). The fourth-order valence-corrected chi connectivity index (χ4v) is 1.25. The summed E-state index contributed by atoms with van der Waals surface area (Å²) in [6.07, 6.45) is 3.51. The number of hydrogen-bond acceptors (Lipinski definition) is 5. The van der Waals surface area contributed by atoms with Gasteiger partial charge in [-0.2, -0.15) is 0 Å². The number of imidazole rings is 1. The molecule has 0 aromatic carbocycles. The van der Waals surface area contributed by atoms with E-state index in [0.29, 0.717) is 6.54 Å². The molecule has 6 heteroatoms. The molecule has 0 fully saturated rings. The van der Waals surface area contributed by atoms with Crippen LogP contribution in [0, 0.1) is 0 Å². The minimum Gasteiger partial charge on any atom is -0.353 e. The molecule has 0 bridgehead atoms. The van der Waals surface area contributed by atoms with Crippen LogP contribution < -0.4 is 5.32 Å². The van der Waals surface area contributed by atoms with Gasteiger partial charge in [0.15, 0.2) is 0 Å². The summed E-state index contributed by atoms with van der Waals surface area (Å²) < 4.78 is 0. The smallest absolute Gasteiger partial charge is 0.205 e. The Hall–Kier alpha value is -1.43. The maximum absolute atomic E-state index is 4.05. The summed E-state index contributed by atoms with van der Waals surface area (Å²) in [7, 11) is 0. The van der Waals surface area contributed by atoms with E-state index in [4.69, 9.17) is 0 Å². The van der Waals surface area contributed by atoms with Crippen LogP contribution in [0.15, 0.2) is 17.9 Å². The molecule has 2 aromatic heterocycles. The van der Waals surface area contributed by atoms with E-state index in [1.807, 2.05) is 0 Å². The molecule has 2 N–H and O–H groups in total. The first-order valence-electron chi connectivity index (χ1n) is 3.43. The number of rotatable bonds is 3. The third kappa shape index (κ3) is 1.59. The summed E-state index contributed by atoms with van der Waals surface area (Å²) in [6, 6.07) is 0. The summed E-state index contributed by atoms with van der Waals surface area (Å²) in [5, 5.41) is 11.4. The third-order valence-electron chi connectivity index (χ3n) is 1.32. The molecule has 0 amide bonds. The van der Waals surface area contributed by atoms with E-state index in [2.05, 4.69) is 25.5 Å². The van der Waals surface area contributed by atoms with Gasteiger partial charge < -0.3 is 10.3 Å². The van der Waals surface area contributed by atoms with Crippen molar-refractivity contribution in [1.82, 2.24) is 20.2 Å². The Kier molecular flexibility index (Phi) is 2.00. The molecule has 0 radical (unpaired) electrons. The number of hydrogen-bond donors (Lipinski definition) is 2. The first kappa shape index (κ1) is 7.23. The van der Waals surface area contributed by atoms with Crippen LogP contribution in [-0.2, 0) is 6.54 Å². The second-order valence-electron chi connectivity index (χ2n) is 2.13. The van der Waals surface area contributed by atoms with Crippen LogP contribution in [0.5, 0.6) is 0 Å². The van der Waals surface area contributed by atoms with E-state index in [1.165, 1.54) is 11.3 Å². The molecule has 62 valence electrons. The maximum atomic E-state index is 4.05. The molecule has 0 unspecified atom stereocenters. The van der Waals surface area contributed by atoms with Crippen molar-refractivity contribution in [2.45, 2.75) is 6.54 Å². The Morgan fingerprint density at radius 3 is 3.25 bits per heavy atom. The van der Waals surface area contributed by atoms with Gasteiger partial charge >= 0.3 is 0 Å². The zero-order chi connectivity index (χ0) is 8.23. The van der Waals surface area contributed by atoms with Gasteiger partial charge in [0, 0.05) is 12.4 Å². The monoisotopic (exact) mass is 181 g/mol. The first-order chi connectivity index (χ1) is 5.95.